The smallest absolute Gasteiger partial charge is 0.288 e. The highest BCUT2D eigenvalue weighted by atomic mass is 35.7. The van der Waals surface area contributed by atoms with Crippen molar-refractivity contribution in [3.63, 3.8) is 0 Å². The van der Waals surface area contributed by atoms with Gasteiger partial charge in [-0.3, -0.25) is 4.79 Å². The van der Waals surface area contributed by atoms with Crippen molar-refractivity contribution in [1.29, 1.82) is 0 Å². The molecule has 1 aromatic heterocycles. The van der Waals surface area contributed by atoms with Gasteiger partial charge in [0.15, 0.2) is 0 Å². The van der Waals surface area contributed by atoms with Crippen LogP contribution < -0.4 is 18.6 Å². The van der Waals surface area contributed by atoms with Crippen LogP contribution in [0.5, 0.6) is 0 Å². The summed E-state index contributed by atoms with van der Waals surface area (Å²) < 4.78 is 40.4. The monoisotopic (exact) mass is 512 g/mol. The average Bonchev–Trinajstić information content (AvgIpc) is 2.93. The van der Waals surface area contributed by atoms with Crippen LogP contribution in [0.2, 0.25) is 0 Å². The molecule has 0 amide bonds. The zero-order valence-electron chi connectivity index (χ0n) is 19.5. The van der Waals surface area contributed by atoms with E-state index in [-0.39, 0.29) is 5.78 Å². The summed E-state index contributed by atoms with van der Waals surface area (Å²) >= 11 is 0. The van der Waals surface area contributed by atoms with Crippen LogP contribution >= 0.6 is 0 Å². The molecule has 0 aliphatic carbocycles. The zero-order valence-corrected chi connectivity index (χ0v) is 20.2. The third-order valence-corrected chi connectivity index (χ3v) is 5.43. The van der Waals surface area contributed by atoms with E-state index in [9.17, 15) is 4.79 Å². The summed E-state index contributed by atoms with van der Waals surface area (Å²) in [5, 5.41) is 0. The number of halogens is 1. The van der Waals surface area contributed by atoms with Gasteiger partial charge in [0.25, 0.3) is 0 Å². The van der Waals surface area contributed by atoms with Gasteiger partial charge in [0, 0.05) is 11.1 Å². The van der Waals surface area contributed by atoms with Crippen molar-refractivity contribution >= 4 is 5.78 Å². The molecule has 0 aliphatic rings. The van der Waals surface area contributed by atoms with E-state index in [0.717, 1.165) is 22.3 Å². The number of hydrogen-bond acceptors (Lipinski definition) is 5. The summed E-state index contributed by atoms with van der Waals surface area (Å²) in [4.78, 5) is 13.8. The normalized spacial score (nSPS) is 10.8. The van der Waals surface area contributed by atoms with Crippen LogP contribution in [-0.2, 0) is 0 Å². The van der Waals surface area contributed by atoms with Crippen LogP contribution in [0.3, 0.4) is 0 Å². The Morgan fingerprint density at radius 1 is 0.568 bits per heavy atom. The molecule has 5 aromatic rings. The van der Waals surface area contributed by atoms with Gasteiger partial charge in [0.2, 0.25) is 5.78 Å². The summed E-state index contributed by atoms with van der Waals surface area (Å²) in [6.07, 6.45) is 0. The number of carbonyl (C=O) groups excluding carboxylic acids is 1. The van der Waals surface area contributed by atoms with Gasteiger partial charge in [0.05, 0.1) is 17.2 Å². The average molecular weight is 513 g/mol. The topological polar surface area (TPSA) is 121 Å². The van der Waals surface area contributed by atoms with Crippen LogP contribution in [0.25, 0.3) is 33.8 Å². The highest BCUT2D eigenvalue weighted by Crippen LogP contribution is 2.38. The molecule has 0 spiro atoms. The van der Waals surface area contributed by atoms with E-state index < -0.39 is 10.2 Å². The zero-order chi connectivity index (χ0) is 26.3. The maximum absolute atomic E-state index is 13.8. The maximum atomic E-state index is 13.8. The minimum absolute atomic E-state index is 0.0633. The molecule has 0 aliphatic heterocycles. The molecule has 4 aromatic carbocycles. The molecular weight excluding hydrogens is 492 g/mol. The fourth-order valence-electron chi connectivity index (χ4n) is 3.86. The SMILES string of the molecule is O=C(c1ccccc1)c1c(-c2ccccc2)cc(-c2ccccc2)[o+]c1-c1ccccc1.[O-][Cl+3]([O-])([O-])[O-]. The summed E-state index contributed by atoms with van der Waals surface area (Å²) in [5.41, 5.74) is 4.83. The highest BCUT2D eigenvalue weighted by Gasteiger charge is 2.32. The molecule has 6 nitrogen and oxygen atoms in total. The van der Waals surface area contributed by atoms with Crippen molar-refractivity contribution in [2.24, 2.45) is 0 Å². The minimum Gasteiger partial charge on any atom is -0.288 e. The van der Waals surface area contributed by atoms with Crippen molar-refractivity contribution in [2.45, 2.75) is 0 Å². The van der Waals surface area contributed by atoms with E-state index in [1.165, 1.54) is 0 Å². The van der Waals surface area contributed by atoms with E-state index in [4.69, 9.17) is 23.1 Å². The Morgan fingerprint density at radius 2 is 0.973 bits per heavy atom. The predicted molar refractivity (Wildman–Crippen MR) is 129 cm³/mol. The first-order valence-electron chi connectivity index (χ1n) is 11.2. The highest BCUT2D eigenvalue weighted by molar-refractivity contribution is 6.16. The van der Waals surface area contributed by atoms with Gasteiger partial charge in [-0.05, 0) is 29.8 Å². The lowest BCUT2D eigenvalue weighted by Gasteiger charge is -2.17. The molecule has 7 heteroatoms. The molecule has 0 fully saturated rings. The van der Waals surface area contributed by atoms with Gasteiger partial charge in [-0.2, -0.15) is 0 Å². The van der Waals surface area contributed by atoms with Gasteiger partial charge >= 0.3 is 11.5 Å². The number of benzene rings is 4. The van der Waals surface area contributed by atoms with Crippen molar-refractivity contribution in [1.82, 2.24) is 0 Å². The lowest BCUT2D eigenvalue weighted by atomic mass is 9.90. The molecule has 0 radical (unpaired) electrons. The van der Waals surface area contributed by atoms with E-state index in [2.05, 4.69) is 0 Å². The molecule has 37 heavy (non-hydrogen) atoms. The quantitative estimate of drug-likeness (QED) is 0.263. The standard InChI is InChI=1S/C30H21O2.ClHO4/c31-29(24-17-9-3-10-18-24)28-26(22-13-5-1-6-14-22)21-27(23-15-7-2-8-16-23)32-30(28)25-19-11-4-12-20-25;2-1(3,4)5/h1-21H;(H,2,3,4,5)/q+1;/p-1. The fraction of sp³-hybridized carbons (Fsp3) is 0. The van der Waals surface area contributed by atoms with Crippen LogP contribution in [0.1, 0.15) is 15.9 Å². The Kier molecular flexibility index (Phi) is 8.20. The van der Waals surface area contributed by atoms with E-state index in [0.29, 0.717) is 22.6 Å². The first-order chi connectivity index (χ1) is 17.8. The second-order valence-corrected chi connectivity index (χ2v) is 8.66. The number of hydrogen-bond donors (Lipinski definition) is 0. The third-order valence-electron chi connectivity index (χ3n) is 5.43. The Hall–Kier alpha value is -4.17. The molecule has 5 rings (SSSR count). The lowest BCUT2D eigenvalue weighted by Crippen LogP contribution is -2.68. The molecule has 184 valence electrons. The number of ketones is 1. The van der Waals surface area contributed by atoms with Gasteiger partial charge in [0.1, 0.15) is 5.56 Å². The molecular formula is C30H21ClO6. The number of rotatable bonds is 5. The maximum Gasteiger partial charge on any atom is 0.372 e. The molecule has 0 saturated heterocycles. The van der Waals surface area contributed by atoms with Gasteiger partial charge in [-0.25, -0.2) is 23.1 Å². The van der Waals surface area contributed by atoms with Gasteiger partial charge in [-0.1, -0.05) is 97.1 Å². The summed E-state index contributed by atoms with van der Waals surface area (Å²) in [6.45, 7) is 0. The van der Waals surface area contributed by atoms with Gasteiger partial charge in [-0.15, -0.1) is 10.2 Å². The Labute approximate surface area is 216 Å². The molecule has 0 saturated carbocycles. The Morgan fingerprint density at radius 3 is 1.46 bits per heavy atom. The molecule has 0 atom stereocenters. The molecule has 0 unspecified atom stereocenters. The van der Waals surface area contributed by atoms with Crippen molar-refractivity contribution in [3.8, 4) is 33.8 Å². The summed E-state index contributed by atoms with van der Waals surface area (Å²) in [7, 11) is -4.94. The van der Waals surface area contributed by atoms with Gasteiger partial charge < -0.3 is 0 Å². The van der Waals surface area contributed by atoms with Crippen LogP contribution in [-0.4, -0.2) is 5.78 Å². The van der Waals surface area contributed by atoms with Crippen molar-refractivity contribution in [2.75, 3.05) is 0 Å². The Bertz CT molecular complexity index is 1390. The second-order valence-electron chi connectivity index (χ2n) is 7.90. The summed E-state index contributed by atoms with van der Waals surface area (Å²) in [5.74, 6) is 1.22. The third kappa shape index (κ3) is 6.95. The number of carbonyl (C=O) groups is 1. The van der Waals surface area contributed by atoms with Crippen LogP contribution in [0.4, 0.5) is 0 Å². The largest absolute Gasteiger partial charge is 0.372 e. The van der Waals surface area contributed by atoms with E-state index in [1.54, 1.807) is 0 Å². The van der Waals surface area contributed by atoms with Crippen LogP contribution in [0, 0.1) is 10.2 Å². The van der Waals surface area contributed by atoms with Crippen molar-refractivity contribution in [3.05, 3.63) is 139 Å². The van der Waals surface area contributed by atoms with Crippen molar-refractivity contribution < 1.29 is 38.1 Å². The summed E-state index contributed by atoms with van der Waals surface area (Å²) in [6, 6.07) is 41.2. The fourth-order valence-corrected chi connectivity index (χ4v) is 3.86. The van der Waals surface area contributed by atoms with E-state index >= 15 is 0 Å². The molecule has 0 N–H and O–H groups in total. The van der Waals surface area contributed by atoms with E-state index in [1.807, 2.05) is 127 Å². The Balaban J connectivity index is 0.000000586. The first-order valence-corrected chi connectivity index (χ1v) is 12.4. The second kappa shape index (κ2) is 11.7. The minimum atomic E-state index is -4.94. The molecule has 1 heterocycles. The predicted octanol–water partition coefficient (Wildman–Crippen LogP) is 3.04. The molecule has 0 bridgehead atoms. The first kappa shape index (κ1) is 25.9. The lowest BCUT2D eigenvalue weighted by molar-refractivity contribution is -2.00. The van der Waals surface area contributed by atoms with Crippen LogP contribution in [0.15, 0.2) is 132 Å².